The molecule has 18 heavy (non-hydrogen) atoms. The first-order valence-corrected chi connectivity index (χ1v) is 5.93. The van der Waals surface area contributed by atoms with Crippen molar-refractivity contribution in [3.8, 4) is 5.75 Å². The Hall–Kier alpha value is -1.40. The van der Waals surface area contributed by atoms with Gasteiger partial charge in [-0.2, -0.15) is 5.10 Å². The quantitative estimate of drug-likeness (QED) is 0.736. The van der Waals surface area contributed by atoms with Gasteiger partial charge < -0.3 is 15.2 Å². The summed E-state index contributed by atoms with van der Waals surface area (Å²) in [6.07, 6.45) is 2.01. The molecule has 0 aliphatic heterocycles. The molecule has 6 heteroatoms. The fourth-order valence-corrected chi connectivity index (χ4v) is 1.67. The molecule has 0 fully saturated rings. The van der Waals surface area contributed by atoms with E-state index in [0.717, 1.165) is 0 Å². The number of hydrogen-bond acceptors (Lipinski definition) is 5. The van der Waals surface area contributed by atoms with Crippen molar-refractivity contribution < 1.29 is 14.3 Å². The van der Waals surface area contributed by atoms with E-state index in [1.165, 1.54) is 13.3 Å². The van der Waals surface area contributed by atoms with Crippen molar-refractivity contribution in [2.45, 2.75) is 32.4 Å². The van der Waals surface area contributed by atoms with Crippen molar-refractivity contribution in [2.24, 2.45) is 5.73 Å². The summed E-state index contributed by atoms with van der Waals surface area (Å²) in [4.78, 5) is 12.3. The number of ether oxygens (including phenoxy) is 2. The highest BCUT2D eigenvalue weighted by Crippen LogP contribution is 2.22. The maximum atomic E-state index is 12.3. The third kappa shape index (κ3) is 3.08. The second-order valence-corrected chi connectivity index (χ2v) is 4.35. The lowest BCUT2D eigenvalue weighted by molar-refractivity contribution is 0.0919. The molecule has 1 aromatic heterocycles. The number of ketones is 1. The summed E-state index contributed by atoms with van der Waals surface area (Å²) in [6.45, 7) is 4.35. The Morgan fingerprint density at radius 1 is 1.50 bits per heavy atom. The van der Waals surface area contributed by atoms with Crippen LogP contribution in [0.5, 0.6) is 5.75 Å². The lowest BCUT2D eigenvalue weighted by Gasteiger charge is -2.15. The highest BCUT2D eigenvalue weighted by atomic mass is 16.5. The van der Waals surface area contributed by atoms with Crippen LogP contribution in [-0.2, 0) is 4.74 Å². The first-order chi connectivity index (χ1) is 8.52. The van der Waals surface area contributed by atoms with E-state index in [1.54, 1.807) is 11.8 Å². The second kappa shape index (κ2) is 6.51. The van der Waals surface area contributed by atoms with E-state index < -0.39 is 6.04 Å². The van der Waals surface area contributed by atoms with Crippen LogP contribution in [0.1, 0.15) is 36.8 Å². The minimum atomic E-state index is -0.604. The topological polar surface area (TPSA) is 79.4 Å². The van der Waals surface area contributed by atoms with E-state index in [9.17, 15) is 4.79 Å². The molecule has 0 bridgehead atoms. The molecular weight excluding hydrogens is 234 g/mol. The molecule has 0 saturated carbocycles. The van der Waals surface area contributed by atoms with Crippen LogP contribution in [0.2, 0.25) is 0 Å². The molecule has 1 heterocycles. The van der Waals surface area contributed by atoms with Crippen molar-refractivity contribution in [2.75, 3.05) is 20.8 Å². The zero-order valence-corrected chi connectivity index (χ0v) is 11.3. The highest BCUT2D eigenvalue weighted by Gasteiger charge is 2.25. The maximum absolute atomic E-state index is 12.3. The fraction of sp³-hybridized carbons (Fsp3) is 0.667. The molecule has 0 amide bonds. The number of rotatable bonds is 7. The van der Waals surface area contributed by atoms with E-state index in [1.807, 2.05) is 13.8 Å². The monoisotopic (exact) mass is 255 g/mol. The van der Waals surface area contributed by atoms with E-state index in [2.05, 4.69) is 5.10 Å². The second-order valence-electron chi connectivity index (χ2n) is 4.35. The van der Waals surface area contributed by atoms with Crippen LogP contribution in [0.15, 0.2) is 6.20 Å². The van der Waals surface area contributed by atoms with Crippen molar-refractivity contribution in [3.63, 3.8) is 0 Å². The van der Waals surface area contributed by atoms with E-state index in [0.29, 0.717) is 24.5 Å². The molecule has 0 aliphatic rings. The van der Waals surface area contributed by atoms with Crippen LogP contribution in [0.3, 0.4) is 0 Å². The number of nitrogens with two attached hydrogens (primary N) is 1. The molecule has 1 unspecified atom stereocenters. The van der Waals surface area contributed by atoms with Gasteiger partial charge in [0.05, 0.1) is 19.3 Å². The highest BCUT2D eigenvalue weighted by molar-refractivity contribution is 6.00. The van der Waals surface area contributed by atoms with Gasteiger partial charge in [-0.05, 0) is 20.3 Å². The predicted octanol–water partition coefficient (Wildman–Crippen LogP) is 1.02. The lowest BCUT2D eigenvalue weighted by atomic mass is 10.1. The molecule has 6 nitrogen and oxygen atoms in total. The minimum Gasteiger partial charge on any atom is -0.493 e. The molecule has 1 atom stereocenters. The molecule has 1 aromatic rings. The Kier molecular flexibility index (Phi) is 5.30. The smallest absolute Gasteiger partial charge is 0.201 e. The average Bonchev–Trinajstić information content (AvgIpc) is 2.78. The molecule has 102 valence electrons. The Morgan fingerprint density at radius 2 is 2.17 bits per heavy atom. The number of carbonyl (C=O) groups excluding carboxylic acids is 1. The van der Waals surface area contributed by atoms with Crippen LogP contribution in [0.4, 0.5) is 0 Å². The summed E-state index contributed by atoms with van der Waals surface area (Å²) in [6, 6.07) is -0.532. The summed E-state index contributed by atoms with van der Waals surface area (Å²) >= 11 is 0. The maximum Gasteiger partial charge on any atom is 0.201 e. The minimum absolute atomic E-state index is 0.0717. The van der Waals surface area contributed by atoms with E-state index in [-0.39, 0.29) is 11.8 Å². The molecule has 0 saturated heterocycles. The number of methoxy groups -OCH3 is 2. The number of Topliss-reactive ketones (excluding diaryl/α,β-unsaturated/α-hetero) is 1. The molecule has 0 radical (unpaired) electrons. The van der Waals surface area contributed by atoms with Gasteiger partial charge in [0.15, 0.2) is 5.75 Å². The zero-order valence-electron chi connectivity index (χ0n) is 11.3. The van der Waals surface area contributed by atoms with Crippen molar-refractivity contribution >= 4 is 5.78 Å². The number of hydrogen-bond donors (Lipinski definition) is 1. The summed E-state index contributed by atoms with van der Waals surface area (Å²) in [5.41, 5.74) is 6.29. The van der Waals surface area contributed by atoms with Gasteiger partial charge in [-0.15, -0.1) is 0 Å². The average molecular weight is 255 g/mol. The Labute approximate surface area is 107 Å². The molecule has 1 rings (SSSR count). The zero-order chi connectivity index (χ0) is 13.7. The Morgan fingerprint density at radius 3 is 2.67 bits per heavy atom. The van der Waals surface area contributed by atoms with E-state index in [4.69, 9.17) is 15.2 Å². The van der Waals surface area contributed by atoms with Crippen LogP contribution < -0.4 is 10.5 Å². The van der Waals surface area contributed by atoms with Crippen LogP contribution in [0.25, 0.3) is 0 Å². The molecule has 2 N–H and O–H groups in total. The molecule has 0 aromatic carbocycles. The van der Waals surface area contributed by atoms with Gasteiger partial charge in [0, 0.05) is 19.8 Å². The molecular formula is C12H21N3O3. The van der Waals surface area contributed by atoms with Crippen LogP contribution in [0, 0.1) is 0 Å². The molecule has 0 spiro atoms. The van der Waals surface area contributed by atoms with Crippen molar-refractivity contribution in [3.05, 3.63) is 11.9 Å². The third-order valence-electron chi connectivity index (χ3n) is 2.67. The normalized spacial score (nSPS) is 12.8. The van der Waals surface area contributed by atoms with Gasteiger partial charge in [-0.1, -0.05) is 0 Å². The van der Waals surface area contributed by atoms with Gasteiger partial charge in [0.2, 0.25) is 5.78 Å². The molecule has 0 aliphatic carbocycles. The fourth-order valence-electron chi connectivity index (χ4n) is 1.67. The van der Waals surface area contributed by atoms with E-state index >= 15 is 0 Å². The standard InChI is InChI=1S/C12H21N3O3/c1-8(2)15-11(10(18-4)7-14-15)12(16)9(13)5-6-17-3/h7-9H,5-6,13H2,1-4H3. The summed E-state index contributed by atoms with van der Waals surface area (Å²) < 4.78 is 11.7. The predicted molar refractivity (Wildman–Crippen MR) is 68.0 cm³/mol. The van der Waals surface area contributed by atoms with Gasteiger partial charge in [-0.25, -0.2) is 0 Å². The third-order valence-corrected chi connectivity index (χ3v) is 2.67. The van der Waals surface area contributed by atoms with Crippen LogP contribution >= 0.6 is 0 Å². The van der Waals surface area contributed by atoms with Gasteiger partial charge >= 0.3 is 0 Å². The number of aromatic nitrogens is 2. The van der Waals surface area contributed by atoms with Gasteiger partial charge in [-0.3, -0.25) is 9.48 Å². The van der Waals surface area contributed by atoms with Crippen molar-refractivity contribution in [1.29, 1.82) is 0 Å². The van der Waals surface area contributed by atoms with Gasteiger partial charge in [0.25, 0.3) is 0 Å². The van der Waals surface area contributed by atoms with Crippen molar-refractivity contribution in [1.82, 2.24) is 9.78 Å². The summed E-state index contributed by atoms with van der Waals surface area (Å²) in [5, 5.41) is 4.15. The van der Waals surface area contributed by atoms with Crippen LogP contribution in [-0.4, -0.2) is 42.4 Å². The number of nitrogens with zero attached hydrogens (tertiary/aromatic N) is 2. The Balaban J connectivity index is 2.99. The number of carbonyl (C=O) groups is 1. The summed E-state index contributed by atoms with van der Waals surface area (Å²) in [5.74, 6) is 0.289. The first kappa shape index (κ1) is 14.7. The summed E-state index contributed by atoms with van der Waals surface area (Å²) in [7, 11) is 3.09. The van der Waals surface area contributed by atoms with Gasteiger partial charge in [0.1, 0.15) is 5.69 Å². The first-order valence-electron chi connectivity index (χ1n) is 5.93. The Bertz CT molecular complexity index is 401. The largest absolute Gasteiger partial charge is 0.493 e. The SMILES string of the molecule is COCCC(N)C(=O)c1c(OC)cnn1C(C)C. The lowest BCUT2D eigenvalue weighted by Crippen LogP contribution is -2.33.